The van der Waals surface area contributed by atoms with Crippen molar-refractivity contribution in [3.05, 3.63) is 35.5 Å². The number of aryl methyl sites for hydroxylation is 1. The van der Waals surface area contributed by atoms with Crippen LogP contribution in [0.1, 0.15) is 54.9 Å². The Bertz CT molecular complexity index is 1060. The van der Waals surface area contributed by atoms with Crippen LogP contribution in [0.15, 0.2) is 28.6 Å². The Hall–Kier alpha value is -2.59. The number of hydrogen-bond donors (Lipinski definition) is 1. The first kappa shape index (κ1) is 23.7. The molecule has 0 aliphatic rings. The molecule has 0 radical (unpaired) electrons. The summed E-state index contributed by atoms with van der Waals surface area (Å²) in [6.45, 7) is 3.86. The lowest BCUT2D eigenvalue weighted by atomic mass is 10.00. The van der Waals surface area contributed by atoms with Crippen molar-refractivity contribution in [3.63, 3.8) is 0 Å². The van der Waals surface area contributed by atoms with Crippen molar-refractivity contribution in [2.75, 3.05) is 11.2 Å². The van der Waals surface area contributed by atoms with Crippen molar-refractivity contribution < 1.29 is 22.8 Å². The summed E-state index contributed by atoms with van der Waals surface area (Å²) in [6.07, 6.45) is 4.48. The van der Waals surface area contributed by atoms with E-state index in [0.29, 0.717) is 18.4 Å². The van der Waals surface area contributed by atoms with Gasteiger partial charge in [-0.25, -0.2) is 13.4 Å². The highest BCUT2D eigenvalue weighted by atomic mass is 32.2. The number of nitrogens with zero attached hydrogens (tertiary/aromatic N) is 2. The van der Waals surface area contributed by atoms with E-state index in [0.717, 1.165) is 47.1 Å². The van der Waals surface area contributed by atoms with Crippen molar-refractivity contribution in [2.45, 2.75) is 50.2 Å². The minimum Gasteiger partial charge on any atom is -0.369 e. The van der Waals surface area contributed by atoms with Crippen molar-refractivity contribution >= 4 is 49.6 Å². The summed E-state index contributed by atoms with van der Waals surface area (Å²) in [5, 5.41) is 0.0492. The highest BCUT2D eigenvalue weighted by Gasteiger charge is 2.28. The summed E-state index contributed by atoms with van der Waals surface area (Å²) in [5.74, 6) is -1.67. The summed E-state index contributed by atoms with van der Waals surface area (Å²) in [7, 11) is -3.54. The highest BCUT2D eigenvalue weighted by Crippen LogP contribution is 2.35. The lowest BCUT2D eigenvalue weighted by Crippen LogP contribution is -2.31. The molecule has 1 aromatic carbocycles. The van der Waals surface area contributed by atoms with E-state index in [1.807, 2.05) is 13.8 Å². The van der Waals surface area contributed by atoms with Gasteiger partial charge in [-0.1, -0.05) is 42.7 Å². The Balaban J connectivity index is 2.58. The number of sulfone groups is 1. The molecule has 2 N–H and O–H groups in total. The number of thiazole rings is 1. The van der Waals surface area contributed by atoms with Crippen LogP contribution in [0.3, 0.4) is 0 Å². The van der Waals surface area contributed by atoms with Crippen molar-refractivity contribution in [1.29, 1.82) is 0 Å². The van der Waals surface area contributed by atoms with Crippen molar-refractivity contribution in [2.24, 2.45) is 5.73 Å². The second-order valence-electron chi connectivity index (χ2n) is 7.01. The second kappa shape index (κ2) is 9.94. The largest absolute Gasteiger partial charge is 0.369 e. The topological polar surface area (TPSA) is 128 Å². The molecule has 0 saturated heterocycles. The predicted molar refractivity (Wildman–Crippen MR) is 116 cm³/mol. The second-order valence-corrected chi connectivity index (χ2v) is 10.3. The molecule has 0 unspecified atom stereocenters. The molecule has 0 atom stereocenters. The number of unbranched alkanes of at least 4 members (excludes halogenated alkanes) is 2. The maximum absolute atomic E-state index is 12.9. The van der Waals surface area contributed by atoms with Gasteiger partial charge in [0.2, 0.25) is 11.8 Å². The summed E-state index contributed by atoms with van der Waals surface area (Å²) >= 11 is 0.787. The third-order valence-electron chi connectivity index (χ3n) is 4.30. The molecule has 8 nitrogen and oxygen atoms in total. The fourth-order valence-electron chi connectivity index (χ4n) is 2.84. The average molecular weight is 452 g/mol. The van der Waals surface area contributed by atoms with E-state index >= 15 is 0 Å². The van der Waals surface area contributed by atoms with Crippen LogP contribution in [-0.2, 0) is 19.4 Å². The van der Waals surface area contributed by atoms with Gasteiger partial charge in [-0.3, -0.25) is 19.3 Å². The maximum Gasteiger partial charge on any atom is 0.242 e. The summed E-state index contributed by atoms with van der Waals surface area (Å²) in [6, 6.07) is 5.01. The molecule has 2 amide bonds. The zero-order valence-corrected chi connectivity index (χ0v) is 18.8. The molecule has 2 aromatic rings. The zero-order chi connectivity index (χ0) is 22.5. The molecule has 162 valence electrons. The number of primary amides is 1. The van der Waals surface area contributed by atoms with Gasteiger partial charge in [-0.05, 0) is 25.5 Å². The van der Waals surface area contributed by atoms with Gasteiger partial charge in [0, 0.05) is 18.2 Å². The third kappa shape index (κ3) is 5.96. The summed E-state index contributed by atoms with van der Waals surface area (Å²) in [5.41, 5.74) is 6.60. The number of benzene rings is 1. The Labute approximate surface area is 180 Å². The van der Waals surface area contributed by atoms with Crippen LogP contribution >= 0.6 is 11.3 Å². The minimum absolute atomic E-state index is 0.0303. The Kier molecular flexibility index (Phi) is 7.85. The molecule has 30 heavy (non-hydrogen) atoms. The number of aromatic nitrogens is 1. The predicted octanol–water partition coefficient (Wildman–Crippen LogP) is 3.16. The molecule has 0 fully saturated rings. The zero-order valence-electron chi connectivity index (χ0n) is 17.2. The van der Waals surface area contributed by atoms with E-state index in [2.05, 4.69) is 4.98 Å². The van der Waals surface area contributed by atoms with E-state index in [-0.39, 0.29) is 20.8 Å². The van der Waals surface area contributed by atoms with Crippen LogP contribution in [0.25, 0.3) is 0 Å². The number of nitrogens with two attached hydrogens (primary N) is 1. The normalized spacial score (nSPS) is 11.3. The molecular weight excluding hydrogens is 426 g/mol. The quantitative estimate of drug-likeness (QED) is 0.336. The van der Waals surface area contributed by atoms with Crippen molar-refractivity contribution in [3.8, 4) is 0 Å². The Morgan fingerprint density at radius 3 is 2.47 bits per heavy atom. The fourth-order valence-corrected chi connectivity index (χ4v) is 4.59. The van der Waals surface area contributed by atoms with Crippen LogP contribution in [0.2, 0.25) is 0 Å². The molecule has 0 saturated carbocycles. The average Bonchev–Trinajstić information content (AvgIpc) is 3.12. The first-order chi connectivity index (χ1) is 14.0. The van der Waals surface area contributed by atoms with Gasteiger partial charge >= 0.3 is 0 Å². The van der Waals surface area contributed by atoms with E-state index in [1.54, 1.807) is 18.2 Å². The summed E-state index contributed by atoms with van der Waals surface area (Å²) < 4.78 is 23.7. The molecule has 1 heterocycles. The summed E-state index contributed by atoms with van der Waals surface area (Å²) in [4.78, 5) is 42.3. The minimum atomic E-state index is -3.54. The number of hydrogen-bond acceptors (Lipinski definition) is 7. The van der Waals surface area contributed by atoms with Gasteiger partial charge < -0.3 is 5.73 Å². The van der Waals surface area contributed by atoms with Gasteiger partial charge in [0.05, 0.1) is 11.9 Å². The molecule has 0 aliphatic heterocycles. The van der Waals surface area contributed by atoms with Gasteiger partial charge in [-0.2, -0.15) is 0 Å². The van der Waals surface area contributed by atoms with E-state index in [9.17, 15) is 22.8 Å². The monoisotopic (exact) mass is 451 g/mol. The number of carbonyl (C=O) groups is 3. The van der Waals surface area contributed by atoms with Gasteiger partial charge in [0.1, 0.15) is 10.6 Å². The van der Waals surface area contributed by atoms with Crippen LogP contribution in [-0.4, -0.2) is 37.3 Å². The standard InChI is InChI=1S/C20H25N3O5S2/c1-4-5-6-7-16(24)14-10-13(2)8-9-15(14)23(18(26)11-17(21)25)20-22-12-19(29-20)30(3,27)28/h8-10,12H,4-7,11H2,1-3H3,(H2,21,25). The Morgan fingerprint density at radius 1 is 1.20 bits per heavy atom. The SMILES string of the molecule is CCCCCC(=O)c1cc(C)ccc1N(C(=O)CC(N)=O)c1ncc(S(C)(=O)=O)s1. The van der Waals surface area contributed by atoms with Gasteiger partial charge in [0.15, 0.2) is 20.8 Å². The number of amides is 2. The number of anilines is 2. The number of ketones is 1. The van der Waals surface area contributed by atoms with Crippen LogP contribution in [0.4, 0.5) is 10.8 Å². The number of rotatable bonds is 10. The first-order valence-corrected chi connectivity index (χ1v) is 12.2. The van der Waals surface area contributed by atoms with Crippen LogP contribution in [0.5, 0.6) is 0 Å². The van der Waals surface area contributed by atoms with Crippen molar-refractivity contribution in [1.82, 2.24) is 4.98 Å². The molecule has 1 aromatic heterocycles. The lowest BCUT2D eigenvalue weighted by molar-refractivity contribution is -0.125. The van der Waals surface area contributed by atoms with Gasteiger partial charge in [-0.15, -0.1) is 0 Å². The fraction of sp³-hybridized carbons (Fsp3) is 0.400. The molecule has 2 rings (SSSR count). The number of Topliss-reactive ketones (excluding diaryl/α,β-unsaturated/α-hetero) is 1. The smallest absolute Gasteiger partial charge is 0.242 e. The first-order valence-electron chi connectivity index (χ1n) is 9.45. The molecule has 0 spiro atoms. The van der Waals surface area contributed by atoms with Crippen LogP contribution in [0, 0.1) is 6.92 Å². The molecule has 10 heteroatoms. The molecular formula is C20H25N3O5S2. The van der Waals surface area contributed by atoms with Crippen LogP contribution < -0.4 is 10.6 Å². The molecule has 0 aliphatic carbocycles. The van der Waals surface area contributed by atoms with Gasteiger partial charge in [0.25, 0.3) is 0 Å². The molecule has 0 bridgehead atoms. The third-order valence-corrected chi connectivity index (χ3v) is 7.08. The maximum atomic E-state index is 12.9. The Morgan fingerprint density at radius 2 is 1.90 bits per heavy atom. The lowest BCUT2D eigenvalue weighted by Gasteiger charge is -2.22. The number of carbonyl (C=O) groups excluding carboxylic acids is 3. The van der Waals surface area contributed by atoms with E-state index in [4.69, 9.17) is 5.73 Å². The van der Waals surface area contributed by atoms with E-state index in [1.165, 1.54) is 0 Å². The van der Waals surface area contributed by atoms with E-state index < -0.39 is 28.1 Å². The highest BCUT2D eigenvalue weighted by molar-refractivity contribution is 7.92.